The van der Waals surface area contributed by atoms with Crippen LogP contribution >= 0.6 is 11.8 Å². The molecule has 0 spiro atoms. The molecule has 0 aromatic carbocycles. The number of hydrogen-bond donors (Lipinski definition) is 1. The van der Waals surface area contributed by atoms with Gasteiger partial charge in [-0.05, 0) is 6.92 Å². The maximum Gasteiger partial charge on any atom is 0.327 e. The maximum atomic E-state index is 11.9. The molecule has 0 radical (unpaired) electrons. The Balaban J connectivity index is 2.72. The van der Waals surface area contributed by atoms with Gasteiger partial charge in [-0.2, -0.15) is 0 Å². The summed E-state index contributed by atoms with van der Waals surface area (Å²) >= 11 is 1.43. The highest BCUT2D eigenvalue weighted by Crippen LogP contribution is 2.28. The summed E-state index contributed by atoms with van der Waals surface area (Å²) < 4.78 is 0. The summed E-state index contributed by atoms with van der Waals surface area (Å²) in [4.78, 5) is 36.6. The molecule has 0 aromatic rings. The number of thioether (sulfide) groups is 1. The van der Waals surface area contributed by atoms with E-state index in [1.807, 2.05) is 0 Å². The van der Waals surface area contributed by atoms with Crippen molar-refractivity contribution in [2.24, 2.45) is 0 Å². The van der Waals surface area contributed by atoms with Crippen molar-refractivity contribution in [3.05, 3.63) is 0 Å². The molecule has 1 saturated heterocycles. The van der Waals surface area contributed by atoms with Gasteiger partial charge in [-0.1, -0.05) is 0 Å². The van der Waals surface area contributed by atoms with Crippen LogP contribution in [0.1, 0.15) is 13.8 Å². The largest absolute Gasteiger partial charge is 0.480 e. The molecule has 1 heterocycles. The molecule has 17 heavy (non-hydrogen) atoms. The van der Waals surface area contributed by atoms with Crippen molar-refractivity contribution in [3.8, 4) is 0 Å². The van der Waals surface area contributed by atoms with Crippen LogP contribution in [0.5, 0.6) is 0 Å². The molecular weight excluding hydrogens is 244 g/mol. The first kappa shape index (κ1) is 13.8. The van der Waals surface area contributed by atoms with E-state index in [9.17, 15) is 14.4 Å². The number of hydrogen-bond acceptors (Lipinski definition) is 4. The van der Waals surface area contributed by atoms with Crippen molar-refractivity contribution < 1.29 is 19.5 Å². The molecule has 7 heteroatoms. The van der Waals surface area contributed by atoms with E-state index in [0.29, 0.717) is 5.75 Å². The van der Waals surface area contributed by atoms with Gasteiger partial charge in [-0.25, -0.2) is 4.79 Å². The average molecular weight is 260 g/mol. The second kappa shape index (κ2) is 5.39. The van der Waals surface area contributed by atoms with Crippen LogP contribution < -0.4 is 0 Å². The summed E-state index contributed by atoms with van der Waals surface area (Å²) in [6, 6.07) is -0.789. The Morgan fingerprint density at radius 3 is 2.53 bits per heavy atom. The smallest absolute Gasteiger partial charge is 0.327 e. The molecule has 0 bridgehead atoms. The molecule has 1 N–H and O–H groups in total. The van der Waals surface area contributed by atoms with Gasteiger partial charge in [-0.15, -0.1) is 11.8 Å². The van der Waals surface area contributed by atoms with E-state index in [1.165, 1.54) is 35.5 Å². The highest BCUT2D eigenvalue weighted by Gasteiger charge is 2.39. The van der Waals surface area contributed by atoms with E-state index in [0.717, 1.165) is 0 Å². The molecule has 2 amide bonds. The van der Waals surface area contributed by atoms with Crippen molar-refractivity contribution in [2.45, 2.75) is 25.3 Å². The van der Waals surface area contributed by atoms with Crippen LogP contribution in [0, 0.1) is 0 Å². The minimum atomic E-state index is -0.999. The zero-order valence-corrected chi connectivity index (χ0v) is 10.9. The zero-order valence-electron chi connectivity index (χ0n) is 10.0. The van der Waals surface area contributed by atoms with Gasteiger partial charge in [0.15, 0.2) is 0 Å². The Morgan fingerprint density at radius 1 is 1.47 bits per heavy atom. The quantitative estimate of drug-likeness (QED) is 0.763. The first-order valence-electron chi connectivity index (χ1n) is 5.22. The lowest BCUT2D eigenvalue weighted by molar-refractivity contribution is -0.150. The fourth-order valence-corrected chi connectivity index (χ4v) is 2.80. The molecule has 1 rings (SSSR count). The SMILES string of the molecule is CC(=O)N(C)CC(=O)N1C(C)SCC1C(=O)O. The van der Waals surface area contributed by atoms with Crippen LogP contribution in [0.15, 0.2) is 0 Å². The first-order valence-corrected chi connectivity index (χ1v) is 6.26. The van der Waals surface area contributed by atoms with Gasteiger partial charge in [0, 0.05) is 19.7 Å². The van der Waals surface area contributed by atoms with Crippen molar-refractivity contribution in [2.75, 3.05) is 19.3 Å². The molecule has 6 nitrogen and oxygen atoms in total. The van der Waals surface area contributed by atoms with Crippen LogP contribution in [0.3, 0.4) is 0 Å². The van der Waals surface area contributed by atoms with Crippen LogP contribution in [-0.2, 0) is 14.4 Å². The Kier molecular flexibility index (Phi) is 4.39. The van der Waals surface area contributed by atoms with Crippen molar-refractivity contribution in [1.29, 1.82) is 0 Å². The molecule has 1 aliphatic heterocycles. The molecule has 0 saturated carbocycles. The second-order valence-electron chi connectivity index (χ2n) is 3.96. The monoisotopic (exact) mass is 260 g/mol. The van der Waals surface area contributed by atoms with Crippen LogP contribution in [0.2, 0.25) is 0 Å². The highest BCUT2D eigenvalue weighted by molar-refractivity contribution is 8.00. The Hall–Kier alpha value is -1.24. The van der Waals surface area contributed by atoms with Crippen molar-refractivity contribution in [3.63, 3.8) is 0 Å². The summed E-state index contributed by atoms with van der Waals surface area (Å²) in [7, 11) is 1.52. The predicted octanol–water partition coefficient (Wildman–Crippen LogP) is -0.161. The zero-order chi connectivity index (χ0) is 13.2. The van der Waals surface area contributed by atoms with Crippen LogP contribution in [-0.4, -0.2) is 63.5 Å². The number of carbonyl (C=O) groups is 3. The molecule has 2 unspecified atom stereocenters. The van der Waals surface area contributed by atoms with E-state index >= 15 is 0 Å². The summed E-state index contributed by atoms with van der Waals surface area (Å²) in [5.41, 5.74) is 0. The summed E-state index contributed by atoms with van der Waals surface area (Å²) in [6.45, 7) is 3.08. The minimum absolute atomic E-state index is 0.0794. The lowest BCUT2D eigenvalue weighted by atomic mass is 10.2. The molecule has 1 fully saturated rings. The van der Waals surface area contributed by atoms with E-state index in [1.54, 1.807) is 6.92 Å². The fourth-order valence-electron chi connectivity index (χ4n) is 1.61. The van der Waals surface area contributed by atoms with E-state index in [4.69, 9.17) is 5.11 Å². The maximum absolute atomic E-state index is 11.9. The van der Waals surface area contributed by atoms with Crippen molar-refractivity contribution in [1.82, 2.24) is 9.80 Å². The van der Waals surface area contributed by atoms with E-state index in [-0.39, 0.29) is 23.7 Å². The van der Waals surface area contributed by atoms with Gasteiger partial charge in [0.2, 0.25) is 11.8 Å². The highest BCUT2D eigenvalue weighted by atomic mass is 32.2. The van der Waals surface area contributed by atoms with Gasteiger partial charge in [-0.3, -0.25) is 9.59 Å². The first-order chi connectivity index (χ1) is 7.84. The number of carboxylic acid groups (broad SMARTS) is 1. The minimum Gasteiger partial charge on any atom is -0.480 e. The number of rotatable bonds is 3. The normalized spacial score (nSPS) is 23.6. The number of carbonyl (C=O) groups excluding carboxylic acids is 2. The standard InChI is InChI=1S/C10H16N2O4S/c1-6(13)11(3)4-9(14)12-7(2)17-5-8(12)10(15)16/h7-8H,4-5H2,1-3H3,(H,15,16). The number of nitrogens with zero attached hydrogens (tertiary/aromatic N) is 2. The van der Waals surface area contributed by atoms with Crippen LogP contribution in [0.4, 0.5) is 0 Å². The Bertz CT molecular complexity index is 347. The summed E-state index contributed by atoms with van der Waals surface area (Å²) in [5.74, 6) is -1.15. The number of carboxylic acids is 1. The van der Waals surface area contributed by atoms with E-state index in [2.05, 4.69) is 0 Å². The lowest BCUT2D eigenvalue weighted by Crippen LogP contribution is -2.48. The van der Waals surface area contributed by atoms with Gasteiger partial charge in [0.25, 0.3) is 0 Å². The summed E-state index contributed by atoms with van der Waals surface area (Å²) in [5, 5.41) is 8.84. The molecule has 0 aromatic heterocycles. The molecule has 1 aliphatic rings. The van der Waals surface area contributed by atoms with Gasteiger partial charge in [0.1, 0.15) is 6.04 Å². The molecular formula is C10H16N2O4S. The molecule has 2 atom stereocenters. The number of amides is 2. The average Bonchev–Trinajstić information content (AvgIpc) is 2.59. The Morgan fingerprint density at radius 2 is 2.06 bits per heavy atom. The summed E-state index contributed by atoms with van der Waals surface area (Å²) in [6.07, 6.45) is 0. The third-order valence-corrected chi connectivity index (χ3v) is 3.92. The molecule has 0 aliphatic carbocycles. The lowest BCUT2D eigenvalue weighted by Gasteiger charge is -2.27. The second-order valence-corrected chi connectivity index (χ2v) is 5.31. The van der Waals surface area contributed by atoms with Gasteiger partial charge < -0.3 is 14.9 Å². The van der Waals surface area contributed by atoms with Gasteiger partial charge >= 0.3 is 5.97 Å². The third kappa shape index (κ3) is 3.12. The third-order valence-electron chi connectivity index (χ3n) is 2.71. The number of likely N-dealkylation sites (N-methyl/N-ethyl adjacent to an activating group) is 1. The Labute approximate surface area is 104 Å². The van der Waals surface area contributed by atoms with E-state index < -0.39 is 12.0 Å². The van der Waals surface area contributed by atoms with Crippen LogP contribution in [0.25, 0.3) is 0 Å². The van der Waals surface area contributed by atoms with Crippen molar-refractivity contribution >= 4 is 29.5 Å². The molecule has 96 valence electrons. The topological polar surface area (TPSA) is 77.9 Å². The van der Waals surface area contributed by atoms with Gasteiger partial charge in [0.05, 0.1) is 11.9 Å². The number of aliphatic carboxylic acids is 1. The fraction of sp³-hybridized carbons (Fsp3) is 0.700. The predicted molar refractivity (Wildman–Crippen MR) is 63.5 cm³/mol.